The van der Waals surface area contributed by atoms with E-state index in [1.165, 1.54) is 6.07 Å². The van der Waals surface area contributed by atoms with E-state index in [1.54, 1.807) is 12.1 Å². The summed E-state index contributed by atoms with van der Waals surface area (Å²) in [6, 6.07) is 6.55. The molecule has 4 N–H and O–H groups in total. The molecule has 25 heavy (non-hydrogen) atoms. The predicted octanol–water partition coefficient (Wildman–Crippen LogP) is 0.924. The van der Waals surface area contributed by atoms with E-state index < -0.39 is 4.92 Å². The lowest BCUT2D eigenvalue weighted by Gasteiger charge is -2.29. The summed E-state index contributed by atoms with van der Waals surface area (Å²) in [5.41, 5.74) is 12.1. The number of rotatable bonds is 3. The Morgan fingerprint density at radius 2 is 2.00 bits per heavy atom. The minimum Gasteiger partial charge on any atom is -0.382 e. The molecular weight excluding hydrogens is 326 g/mol. The number of hydrogen-bond donors (Lipinski definition) is 2. The largest absolute Gasteiger partial charge is 0.382 e. The van der Waals surface area contributed by atoms with Crippen molar-refractivity contribution in [3.63, 3.8) is 0 Å². The lowest BCUT2D eigenvalue weighted by atomic mass is 10.0. The molecule has 0 amide bonds. The van der Waals surface area contributed by atoms with Gasteiger partial charge in [0.2, 0.25) is 5.95 Å². The van der Waals surface area contributed by atoms with E-state index in [-0.39, 0.29) is 34.3 Å². The van der Waals surface area contributed by atoms with Crippen LogP contribution in [0.2, 0.25) is 0 Å². The molecule has 1 fully saturated rings. The molecule has 2 heterocycles. The summed E-state index contributed by atoms with van der Waals surface area (Å²) in [4.78, 5) is 20.7. The predicted molar refractivity (Wildman–Crippen MR) is 90.7 cm³/mol. The highest BCUT2D eigenvalue weighted by Crippen LogP contribution is 2.36. The Hall–Kier alpha value is -3.45. The Morgan fingerprint density at radius 1 is 1.28 bits per heavy atom. The number of nitro groups is 1. The van der Waals surface area contributed by atoms with Crippen LogP contribution in [-0.2, 0) is 4.74 Å². The van der Waals surface area contributed by atoms with E-state index in [4.69, 9.17) is 16.2 Å². The molecule has 1 aromatic carbocycles. The third kappa shape index (κ3) is 3.13. The van der Waals surface area contributed by atoms with E-state index in [2.05, 4.69) is 9.97 Å². The maximum absolute atomic E-state index is 11.4. The molecule has 0 radical (unpaired) electrons. The number of hydrogen-bond acceptors (Lipinski definition) is 9. The van der Waals surface area contributed by atoms with Crippen molar-refractivity contribution in [2.24, 2.45) is 0 Å². The zero-order valence-corrected chi connectivity index (χ0v) is 13.2. The van der Waals surface area contributed by atoms with Crippen LogP contribution in [0.4, 0.5) is 23.1 Å². The standard InChI is InChI=1S/C15H15N7O3/c16-8-11-13(19-15(18)20-14(11)17)10-7-9(1-2-12(10)22(23)24)21-3-5-25-6-4-21/h1-2,7H,3-6H2,(H4,17,18,19,20). The molecule has 0 aliphatic carbocycles. The van der Waals surface area contributed by atoms with Gasteiger partial charge in [0, 0.05) is 24.8 Å². The van der Waals surface area contributed by atoms with Gasteiger partial charge in [-0.25, -0.2) is 4.98 Å². The van der Waals surface area contributed by atoms with Gasteiger partial charge in [-0.2, -0.15) is 10.2 Å². The van der Waals surface area contributed by atoms with Gasteiger partial charge < -0.3 is 21.1 Å². The highest BCUT2D eigenvalue weighted by molar-refractivity contribution is 5.81. The lowest BCUT2D eigenvalue weighted by molar-refractivity contribution is -0.384. The number of nitrogens with two attached hydrogens (primary N) is 2. The Balaban J connectivity index is 2.20. The van der Waals surface area contributed by atoms with Gasteiger partial charge >= 0.3 is 0 Å². The fraction of sp³-hybridized carbons (Fsp3) is 0.267. The maximum Gasteiger partial charge on any atom is 0.278 e. The van der Waals surface area contributed by atoms with Crippen LogP contribution in [-0.4, -0.2) is 41.2 Å². The SMILES string of the molecule is N#Cc1c(N)nc(N)nc1-c1cc(N2CCOCC2)ccc1[N+](=O)[O-]. The van der Waals surface area contributed by atoms with Gasteiger partial charge in [-0.1, -0.05) is 0 Å². The quantitative estimate of drug-likeness (QED) is 0.611. The van der Waals surface area contributed by atoms with E-state index in [9.17, 15) is 15.4 Å². The van der Waals surface area contributed by atoms with Crippen molar-refractivity contribution in [3.05, 3.63) is 33.9 Å². The van der Waals surface area contributed by atoms with Crippen LogP contribution in [0, 0.1) is 21.4 Å². The fourth-order valence-electron chi connectivity index (χ4n) is 2.69. The van der Waals surface area contributed by atoms with E-state index in [1.807, 2.05) is 11.0 Å². The zero-order valence-electron chi connectivity index (χ0n) is 13.2. The van der Waals surface area contributed by atoms with Crippen LogP contribution in [0.1, 0.15) is 5.56 Å². The van der Waals surface area contributed by atoms with Crippen LogP contribution in [0.25, 0.3) is 11.3 Å². The number of aromatic nitrogens is 2. The number of benzene rings is 1. The van der Waals surface area contributed by atoms with Gasteiger partial charge in [0.25, 0.3) is 5.69 Å². The summed E-state index contributed by atoms with van der Waals surface area (Å²) in [7, 11) is 0. The Morgan fingerprint density at radius 3 is 2.64 bits per heavy atom. The van der Waals surface area contributed by atoms with E-state index in [0.29, 0.717) is 26.3 Å². The topological polar surface area (TPSA) is 157 Å². The molecule has 0 bridgehead atoms. The molecule has 1 aromatic heterocycles. The molecular formula is C15H15N7O3. The molecule has 1 aliphatic rings. The zero-order chi connectivity index (χ0) is 18.0. The smallest absolute Gasteiger partial charge is 0.278 e. The molecule has 10 nitrogen and oxygen atoms in total. The Bertz CT molecular complexity index is 872. The second kappa shape index (κ2) is 6.58. The van der Waals surface area contributed by atoms with Gasteiger partial charge in [0.15, 0.2) is 0 Å². The third-order valence-corrected chi connectivity index (χ3v) is 3.87. The number of nitrogens with zero attached hydrogens (tertiary/aromatic N) is 5. The van der Waals surface area contributed by atoms with Crippen molar-refractivity contribution in [3.8, 4) is 17.3 Å². The Labute approximate surface area is 142 Å². The summed E-state index contributed by atoms with van der Waals surface area (Å²) in [6.07, 6.45) is 0. The molecule has 1 saturated heterocycles. The summed E-state index contributed by atoms with van der Waals surface area (Å²) in [6.45, 7) is 2.47. The second-order valence-corrected chi connectivity index (χ2v) is 5.36. The van der Waals surface area contributed by atoms with Gasteiger partial charge in [0.1, 0.15) is 23.1 Å². The van der Waals surface area contributed by atoms with E-state index >= 15 is 0 Å². The minimum absolute atomic E-state index is 0.0450. The highest BCUT2D eigenvalue weighted by Gasteiger charge is 2.24. The first-order valence-electron chi connectivity index (χ1n) is 7.46. The highest BCUT2D eigenvalue weighted by atomic mass is 16.6. The first kappa shape index (κ1) is 16.4. The van der Waals surface area contributed by atoms with Crippen LogP contribution in [0.15, 0.2) is 18.2 Å². The first-order chi connectivity index (χ1) is 12.0. The number of nitriles is 1. The van der Waals surface area contributed by atoms with Crippen molar-refractivity contribution in [2.75, 3.05) is 42.7 Å². The second-order valence-electron chi connectivity index (χ2n) is 5.36. The van der Waals surface area contributed by atoms with Crippen molar-refractivity contribution in [1.29, 1.82) is 5.26 Å². The van der Waals surface area contributed by atoms with Crippen LogP contribution in [0.3, 0.4) is 0 Å². The molecule has 0 unspecified atom stereocenters. The van der Waals surface area contributed by atoms with Crippen molar-refractivity contribution >= 4 is 23.1 Å². The van der Waals surface area contributed by atoms with Crippen molar-refractivity contribution < 1.29 is 9.66 Å². The number of anilines is 3. The van der Waals surface area contributed by atoms with Crippen molar-refractivity contribution in [1.82, 2.24) is 9.97 Å². The number of morpholine rings is 1. The van der Waals surface area contributed by atoms with Gasteiger partial charge in [0.05, 0.1) is 23.7 Å². The van der Waals surface area contributed by atoms with Crippen LogP contribution >= 0.6 is 0 Å². The summed E-state index contributed by atoms with van der Waals surface area (Å²) in [5, 5.41) is 20.8. The number of nitrogen functional groups attached to an aromatic ring is 2. The molecule has 2 aromatic rings. The van der Waals surface area contributed by atoms with Crippen LogP contribution < -0.4 is 16.4 Å². The van der Waals surface area contributed by atoms with Gasteiger partial charge in [-0.3, -0.25) is 10.1 Å². The summed E-state index contributed by atoms with van der Waals surface area (Å²) >= 11 is 0. The molecule has 0 spiro atoms. The van der Waals surface area contributed by atoms with Gasteiger partial charge in [-0.15, -0.1) is 0 Å². The normalized spacial score (nSPS) is 14.1. The molecule has 10 heteroatoms. The molecule has 0 atom stereocenters. The van der Waals surface area contributed by atoms with Gasteiger partial charge in [-0.05, 0) is 12.1 Å². The van der Waals surface area contributed by atoms with Crippen LogP contribution in [0.5, 0.6) is 0 Å². The lowest BCUT2D eigenvalue weighted by Crippen LogP contribution is -2.36. The average Bonchev–Trinajstić information content (AvgIpc) is 2.61. The monoisotopic (exact) mass is 341 g/mol. The number of nitro benzene ring substituents is 1. The average molecular weight is 341 g/mol. The number of ether oxygens (including phenoxy) is 1. The third-order valence-electron chi connectivity index (χ3n) is 3.87. The molecule has 1 aliphatic heterocycles. The fourth-order valence-corrected chi connectivity index (χ4v) is 2.69. The van der Waals surface area contributed by atoms with E-state index in [0.717, 1.165) is 5.69 Å². The molecule has 3 rings (SSSR count). The summed E-state index contributed by atoms with van der Waals surface area (Å²) in [5.74, 6) is -0.270. The van der Waals surface area contributed by atoms with Crippen molar-refractivity contribution in [2.45, 2.75) is 0 Å². The minimum atomic E-state index is -0.534. The maximum atomic E-state index is 11.4. The first-order valence-corrected chi connectivity index (χ1v) is 7.46. The Kier molecular flexibility index (Phi) is 4.32. The molecule has 128 valence electrons. The molecule has 0 saturated carbocycles. The summed E-state index contributed by atoms with van der Waals surface area (Å²) < 4.78 is 5.32.